The van der Waals surface area contributed by atoms with E-state index in [1.54, 1.807) is 27.9 Å². The molecule has 0 spiro atoms. The van der Waals surface area contributed by atoms with Gasteiger partial charge >= 0.3 is 6.09 Å². The minimum absolute atomic E-state index is 0.0725. The average Bonchev–Trinajstić information content (AvgIpc) is 3.35. The lowest BCUT2D eigenvalue weighted by Gasteiger charge is -2.24. The average molecular weight is 491 g/mol. The molecule has 4 rings (SSSR count). The van der Waals surface area contributed by atoms with Crippen molar-refractivity contribution in [2.45, 2.75) is 46.0 Å². The molecule has 0 saturated carbocycles. The topological polar surface area (TPSA) is 108 Å². The van der Waals surface area contributed by atoms with Gasteiger partial charge in [-0.15, -0.1) is 0 Å². The van der Waals surface area contributed by atoms with Crippen molar-refractivity contribution in [3.8, 4) is 17.0 Å². The van der Waals surface area contributed by atoms with Gasteiger partial charge in [0.25, 0.3) is 0 Å². The second kappa shape index (κ2) is 9.07. The zero-order chi connectivity index (χ0) is 23.8. The Kier molecular flexibility index (Phi) is 6.36. The zero-order valence-electron chi connectivity index (χ0n) is 18.5. The van der Waals surface area contributed by atoms with Crippen LogP contribution < -0.4 is 10.5 Å². The molecular weight excluding hydrogens is 467 g/mol. The second-order valence-corrected chi connectivity index (χ2v) is 9.41. The van der Waals surface area contributed by atoms with Crippen LogP contribution in [0.4, 0.5) is 10.7 Å². The highest BCUT2D eigenvalue weighted by molar-refractivity contribution is 6.37. The molecule has 1 aliphatic heterocycles. The van der Waals surface area contributed by atoms with Gasteiger partial charge in [0.05, 0.1) is 41.6 Å². The number of carbonyl (C=O) groups is 1. The monoisotopic (exact) mass is 490 g/mol. The molecule has 0 bridgehead atoms. The van der Waals surface area contributed by atoms with E-state index in [1.807, 2.05) is 33.0 Å². The number of ether oxygens (including phenoxy) is 2. The molecule has 11 heteroatoms. The highest BCUT2D eigenvalue weighted by Gasteiger charge is 2.33. The van der Waals surface area contributed by atoms with Crippen LogP contribution in [0.3, 0.4) is 0 Å². The number of benzene rings is 1. The molecule has 1 aliphatic rings. The molecule has 3 heterocycles. The third-order valence-electron chi connectivity index (χ3n) is 4.84. The number of nitrogen functional groups attached to an aromatic ring is 1. The summed E-state index contributed by atoms with van der Waals surface area (Å²) in [6, 6.07) is 5.13. The summed E-state index contributed by atoms with van der Waals surface area (Å²) in [6.45, 7) is 6.83. The third kappa shape index (κ3) is 5.31. The third-order valence-corrected chi connectivity index (χ3v) is 5.36. The lowest BCUT2D eigenvalue weighted by atomic mass is 10.0. The maximum Gasteiger partial charge on any atom is 0.410 e. The van der Waals surface area contributed by atoms with Crippen molar-refractivity contribution in [1.82, 2.24) is 24.6 Å². The van der Waals surface area contributed by atoms with E-state index in [9.17, 15) is 4.79 Å². The number of fused-ring (bicyclic) bond motifs is 1. The van der Waals surface area contributed by atoms with Crippen molar-refractivity contribution in [3.63, 3.8) is 0 Å². The molecule has 2 N–H and O–H groups in total. The normalized spacial score (nSPS) is 13.2. The Bertz CT molecular complexity index is 1180. The van der Waals surface area contributed by atoms with Crippen molar-refractivity contribution in [3.05, 3.63) is 51.9 Å². The molecule has 0 radical (unpaired) electrons. The predicted octanol–water partition coefficient (Wildman–Crippen LogP) is 4.56. The minimum atomic E-state index is -0.617. The zero-order valence-corrected chi connectivity index (χ0v) is 20.0. The number of nitrogens with two attached hydrogens (primary N) is 1. The standard InChI is InChI=1S/C22H24Cl2N6O3/c1-22(2,3)33-21(31)29-11-14-16(12-29)27-20(25)28-19(14)18-15(24)9-13(23)10-17(18)32-8-7-30-6-4-5-26-30/h4-6,9-10H,7-8,11-12H2,1-3H3,(H2,25,27,28). The maximum atomic E-state index is 12.6. The van der Waals surface area contributed by atoms with E-state index in [-0.39, 0.29) is 19.0 Å². The van der Waals surface area contributed by atoms with Crippen molar-refractivity contribution in [2.75, 3.05) is 12.3 Å². The number of anilines is 1. The number of halogens is 2. The smallest absolute Gasteiger partial charge is 0.410 e. The lowest BCUT2D eigenvalue weighted by molar-refractivity contribution is 0.0241. The highest BCUT2D eigenvalue weighted by atomic mass is 35.5. The van der Waals surface area contributed by atoms with E-state index in [0.29, 0.717) is 45.9 Å². The summed E-state index contributed by atoms with van der Waals surface area (Å²) >= 11 is 12.9. The number of hydrogen-bond donors (Lipinski definition) is 1. The Morgan fingerprint density at radius 3 is 2.70 bits per heavy atom. The van der Waals surface area contributed by atoms with E-state index in [1.165, 1.54) is 0 Å². The summed E-state index contributed by atoms with van der Waals surface area (Å²) in [5, 5.41) is 4.95. The first-order valence-electron chi connectivity index (χ1n) is 10.3. The molecular formula is C22H24Cl2N6O3. The van der Waals surface area contributed by atoms with Crippen LogP contribution in [0, 0.1) is 0 Å². The maximum absolute atomic E-state index is 12.6. The van der Waals surface area contributed by atoms with Crippen molar-refractivity contribution in [2.24, 2.45) is 0 Å². The molecule has 0 unspecified atom stereocenters. The van der Waals surface area contributed by atoms with Gasteiger partial charge in [0, 0.05) is 23.0 Å². The number of aromatic nitrogens is 4. The van der Waals surface area contributed by atoms with Crippen LogP contribution in [-0.4, -0.2) is 42.9 Å². The summed E-state index contributed by atoms with van der Waals surface area (Å²) in [7, 11) is 0. The lowest BCUT2D eigenvalue weighted by Crippen LogP contribution is -2.33. The Morgan fingerprint density at radius 2 is 2.00 bits per heavy atom. The van der Waals surface area contributed by atoms with Gasteiger partial charge in [0.1, 0.15) is 18.0 Å². The molecule has 33 heavy (non-hydrogen) atoms. The first-order chi connectivity index (χ1) is 15.6. The van der Waals surface area contributed by atoms with Crippen molar-refractivity contribution in [1.29, 1.82) is 0 Å². The highest BCUT2D eigenvalue weighted by Crippen LogP contribution is 2.42. The number of nitrogens with zero attached hydrogens (tertiary/aromatic N) is 5. The van der Waals surface area contributed by atoms with Crippen LogP contribution in [0.1, 0.15) is 32.0 Å². The fourth-order valence-electron chi connectivity index (χ4n) is 3.51. The summed E-state index contributed by atoms with van der Waals surface area (Å²) < 4.78 is 13.3. The van der Waals surface area contributed by atoms with Crippen LogP contribution in [0.5, 0.6) is 5.75 Å². The van der Waals surface area contributed by atoms with Crippen LogP contribution in [0.15, 0.2) is 30.6 Å². The van der Waals surface area contributed by atoms with Crippen LogP contribution in [-0.2, 0) is 24.4 Å². The molecule has 1 aromatic carbocycles. The second-order valence-electron chi connectivity index (χ2n) is 8.57. The van der Waals surface area contributed by atoms with Gasteiger partial charge in [0.15, 0.2) is 0 Å². The first-order valence-corrected chi connectivity index (χ1v) is 11.1. The Balaban J connectivity index is 1.67. The van der Waals surface area contributed by atoms with Gasteiger partial charge in [-0.3, -0.25) is 9.58 Å². The molecule has 0 atom stereocenters. The molecule has 2 aromatic heterocycles. The fourth-order valence-corrected chi connectivity index (χ4v) is 4.08. The van der Waals surface area contributed by atoms with Crippen LogP contribution in [0.2, 0.25) is 10.0 Å². The van der Waals surface area contributed by atoms with Crippen LogP contribution >= 0.6 is 23.2 Å². The quantitative estimate of drug-likeness (QED) is 0.558. The van der Waals surface area contributed by atoms with E-state index in [4.69, 9.17) is 38.4 Å². The molecule has 0 saturated heterocycles. The SMILES string of the molecule is CC(C)(C)OC(=O)N1Cc2nc(N)nc(-c3c(Cl)cc(Cl)cc3OCCn3cccn3)c2C1. The Labute approximate surface area is 201 Å². The summed E-state index contributed by atoms with van der Waals surface area (Å²) in [5.41, 5.74) is 7.80. The molecule has 9 nitrogen and oxygen atoms in total. The number of amides is 1. The Morgan fingerprint density at radius 1 is 1.21 bits per heavy atom. The van der Waals surface area contributed by atoms with E-state index in [2.05, 4.69) is 15.1 Å². The number of carbonyl (C=O) groups excluding carboxylic acids is 1. The summed E-state index contributed by atoms with van der Waals surface area (Å²) in [6.07, 6.45) is 3.10. The van der Waals surface area contributed by atoms with Crippen LogP contribution in [0.25, 0.3) is 11.3 Å². The molecule has 3 aromatic rings. The molecule has 0 fully saturated rings. The molecule has 0 aliphatic carbocycles. The van der Waals surface area contributed by atoms with Crippen molar-refractivity contribution < 1.29 is 14.3 Å². The van der Waals surface area contributed by atoms with E-state index in [0.717, 1.165) is 5.56 Å². The number of hydrogen-bond acceptors (Lipinski definition) is 7. The van der Waals surface area contributed by atoms with Gasteiger partial charge in [-0.25, -0.2) is 14.8 Å². The largest absolute Gasteiger partial charge is 0.491 e. The fraction of sp³-hybridized carbons (Fsp3) is 0.364. The van der Waals surface area contributed by atoms with Gasteiger partial charge in [0.2, 0.25) is 5.95 Å². The first kappa shape index (κ1) is 23.1. The van der Waals surface area contributed by atoms with Gasteiger partial charge in [-0.1, -0.05) is 23.2 Å². The number of rotatable bonds is 5. The Hall–Kier alpha value is -3.04. The van der Waals surface area contributed by atoms with Gasteiger partial charge < -0.3 is 15.2 Å². The van der Waals surface area contributed by atoms with Gasteiger partial charge in [-0.05, 0) is 39.0 Å². The minimum Gasteiger partial charge on any atom is -0.491 e. The van der Waals surface area contributed by atoms with Gasteiger partial charge in [-0.2, -0.15) is 5.10 Å². The predicted molar refractivity (Wildman–Crippen MR) is 125 cm³/mol. The van der Waals surface area contributed by atoms with E-state index >= 15 is 0 Å². The molecule has 1 amide bonds. The summed E-state index contributed by atoms with van der Waals surface area (Å²) in [5.74, 6) is 0.527. The van der Waals surface area contributed by atoms with E-state index < -0.39 is 11.7 Å². The molecule has 174 valence electrons. The van der Waals surface area contributed by atoms with Crippen molar-refractivity contribution >= 4 is 35.2 Å². The summed E-state index contributed by atoms with van der Waals surface area (Å²) in [4.78, 5) is 23.0.